The Balaban J connectivity index is 1.65. The molecule has 9 unspecified atom stereocenters. The molecule has 0 radical (unpaired) electrons. The maximum absolute atomic E-state index is 13.5. The molecule has 9 atom stereocenters. The van der Waals surface area contributed by atoms with Crippen LogP contribution in [0, 0.1) is 23.2 Å². The molecular weight excluding hydrogens is 576 g/mol. The number of rotatable bonds is 18. The number of esters is 1. The van der Waals surface area contributed by atoms with Gasteiger partial charge in [0.1, 0.15) is 6.10 Å². The summed E-state index contributed by atoms with van der Waals surface area (Å²) in [6.45, 7) is 5.96. The Morgan fingerprint density at radius 3 is 2.64 bits per heavy atom. The number of hydrogen-bond donors (Lipinski definition) is 6. The highest BCUT2D eigenvalue weighted by Crippen LogP contribution is 2.44. The number of likely N-dealkylation sites (tertiary alicyclic amines) is 1. The van der Waals surface area contributed by atoms with Crippen molar-refractivity contribution in [3.8, 4) is 0 Å². The number of methoxy groups -OCH3 is 1. The van der Waals surface area contributed by atoms with Gasteiger partial charge in [-0.3, -0.25) is 14.6 Å². The van der Waals surface area contributed by atoms with Gasteiger partial charge in [-0.05, 0) is 81.6 Å². The van der Waals surface area contributed by atoms with Gasteiger partial charge in [-0.25, -0.2) is 0 Å². The van der Waals surface area contributed by atoms with Crippen molar-refractivity contribution >= 4 is 17.8 Å². The van der Waals surface area contributed by atoms with E-state index in [1.165, 1.54) is 6.92 Å². The molecular formula is C33H62N6O6. The smallest absolute Gasteiger partial charge is 0.302 e. The Morgan fingerprint density at radius 1 is 1.20 bits per heavy atom. The highest BCUT2D eigenvalue weighted by molar-refractivity contribution is 5.79. The molecule has 0 aromatic rings. The molecule has 0 spiro atoms. The molecule has 1 saturated carbocycles. The molecule has 260 valence electrons. The standard InChI is InChI=1S/C33H62N6O6/c1-4-5-6-7-26(41)17-27(45-22(2)40)9-8-23-14-25(31(43)28(15-23)44-3)20-39-21-33(19-30(39)42,11-13-38-32(35)36)18-24-10-12-37-29(34)16-24/h23-29,31,37,41,43H,4-21,34H2,1-3H3,(H4,35,36,38). The maximum Gasteiger partial charge on any atom is 0.302 e. The van der Waals surface area contributed by atoms with Crippen LogP contribution in [-0.2, 0) is 19.1 Å². The van der Waals surface area contributed by atoms with Crippen LogP contribution in [0.2, 0.25) is 0 Å². The molecule has 2 aliphatic heterocycles. The molecule has 12 heteroatoms. The van der Waals surface area contributed by atoms with E-state index in [0.717, 1.165) is 57.9 Å². The van der Waals surface area contributed by atoms with Crippen LogP contribution in [0.1, 0.15) is 104 Å². The molecule has 9 N–H and O–H groups in total. The summed E-state index contributed by atoms with van der Waals surface area (Å²) < 4.78 is 11.3. The van der Waals surface area contributed by atoms with E-state index < -0.39 is 12.2 Å². The Hall–Kier alpha value is -1.99. The molecule has 45 heavy (non-hydrogen) atoms. The molecule has 3 aliphatic rings. The average molecular weight is 639 g/mol. The minimum Gasteiger partial charge on any atom is -0.462 e. The third-order valence-corrected chi connectivity index (χ3v) is 10.3. The van der Waals surface area contributed by atoms with Gasteiger partial charge in [0.25, 0.3) is 0 Å². The largest absolute Gasteiger partial charge is 0.462 e. The zero-order valence-corrected chi connectivity index (χ0v) is 28.0. The van der Waals surface area contributed by atoms with Gasteiger partial charge in [-0.2, -0.15) is 0 Å². The third kappa shape index (κ3) is 12.3. The number of guanidine groups is 1. The molecule has 2 saturated heterocycles. The summed E-state index contributed by atoms with van der Waals surface area (Å²) in [5.41, 5.74) is 17.2. The molecule has 3 fully saturated rings. The van der Waals surface area contributed by atoms with Gasteiger partial charge in [0.05, 0.1) is 24.5 Å². The number of carbonyl (C=O) groups excluding carboxylic acids is 2. The summed E-state index contributed by atoms with van der Waals surface area (Å²) in [6, 6.07) is 0. The van der Waals surface area contributed by atoms with Crippen LogP contribution >= 0.6 is 0 Å². The molecule has 1 amide bonds. The predicted octanol–water partition coefficient (Wildman–Crippen LogP) is 1.99. The summed E-state index contributed by atoms with van der Waals surface area (Å²) in [4.78, 5) is 31.6. The van der Waals surface area contributed by atoms with Gasteiger partial charge in [0, 0.05) is 52.4 Å². The number of aliphatic hydroxyl groups is 2. The van der Waals surface area contributed by atoms with Crippen LogP contribution in [0.25, 0.3) is 0 Å². The molecule has 1 aliphatic carbocycles. The Morgan fingerprint density at radius 2 is 1.98 bits per heavy atom. The summed E-state index contributed by atoms with van der Waals surface area (Å²) >= 11 is 0. The number of nitrogens with one attached hydrogen (secondary N) is 1. The normalized spacial score (nSPS) is 31.9. The fourth-order valence-corrected chi connectivity index (χ4v) is 8.11. The molecule has 2 heterocycles. The second-order valence-corrected chi connectivity index (χ2v) is 14.2. The van der Waals surface area contributed by atoms with Gasteiger partial charge in [0.2, 0.25) is 5.91 Å². The Kier molecular flexibility index (Phi) is 15.3. The number of aliphatic hydroxyl groups excluding tert-OH is 2. The number of amides is 1. The van der Waals surface area contributed by atoms with Crippen LogP contribution in [0.4, 0.5) is 0 Å². The highest BCUT2D eigenvalue weighted by Gasteiger charge is 2.46. The number of nitrogens with zero attached hydrogens (tertiary/aromatic N) is 2. The van der Waals surface area contributed by atoms with E-state index in [1.807, 2.05) is 4.90 Å². The summed E-state index contributed by atoms with van der Waals surface area (Å²) in [6.07, 6.45) is 9.19. The molecule has 0 aromatic heterocycles. The molecule has 0 aromatic carbocycles. The van der Waals surface area contributed by atoms with Crippen molar-refractivity contribution in [2.24, 2.45) is 45.4 Å². The van der Waals surface area contributed by atoms with Crippen LogP contribution in [-0.4, -0.2) is 96.8 Å². The first-order valence-electron chi connectivity index (χ1n) is 17.3. The zero-order valence-electron chi connectivity index (χ0n) is 28.0. The zero-order chi connectivity index (χ0) is 33.0. The van der Waals surface area contributed by atoms with Crippen molar-refractivity contribution in [1.82, 2.24) is 10.2 Å². The molecule has 3 rings (SSSR count). The van der Waals surface area contributed by atoms with E-state index >= 15 is 0 Å². The lowest BCUT2D eigenvalue weighted by molar-refractivity contribution is -0.148. The van der Waals surface area contributed by atoms with Crippen molar-refractivity contribution in [1.29, 1.82) is 0 Å². The van der Waals surface area contributed by atoms with Crippen molar-refractivity contribution in [3.05, 3.63) is 0 Å². The van der Waals surface area contributed by atoms with Gasteiger partial charge < -0.3 is 47.1 Å². The lowest BCUT2D eigenvalue weighted by Gasteiger charge is -2.41. The molecule has 0 bridgehead atoms. The Labute approximate surface area is 270 Å². The van der Waals surface area contributed by atoms with Crippen LogP contribution in [0.15, 0.2) is 4.99 Å². The van der Waals surface area contributed by atoms with Gasteiger partial charge >= 0.3 is 5.97 Å². The SMILES string of the molecule is CCCCCC(O)CC(CCC1CC(CN2CC(CCN=C(N)N)(CC3CCNC(N)C3)CC2=O)C(O)C(OC)C1)OC(C)=O. The van der Waals surface area contributed by atoms with E-state index in [2.05, 4.69) is 17.2 Å². The number of ether oxygens (including phenoxy) is 2. The lowest BCUT2D eigenvalue weighted by atomic mass is 9.73. The highest BCUT2D eigenvalue weighted by atomic mass is 16.5. The van der Waals surface area contributed by atoms with Crippen molar-refractivity contribution < 1.29 is 29.3 Å². The van der Waals surface area contributed by atoms with Crippen molar-refractivity contribution in [2.75, 3.05) is 33.3 Å². The minimum atomic E-state index is -0.678. The lowest BCUT2D eigenvalue weighted by Crippen LogP contribution is -2.47. The van der Waals surface area contributed by atoms with Crippen LogP contribution in [0.3, 0.4) is 0 Å². The first kappa shape index (κ1) is 37.5. The van der Waals surface area contributed by atoms with Gasteiger partial charge in [0.15, 0.2) is 5.96 Å². The number of piperidine rings is 1. The number of nitrogens with two attached hydrogens (primary N) is 3. The van der Waals surface area contributed by atoms with Crippen molar-refractivity contribution in [3.63, 3.8) is 0 Å². The third-order valence-electron chi connectivity index (χ3n) is 10.3. The number of carbonyl (C=O) groups is 2. The van der Waals surface area contributed by atoms with E-state index in [9.17, 15) is 19.8 Å². The monoisotopic (exact) mass is 638 g/mol. The van der Waals surface area contributed by atoms with Crippen LogP contribution < -0.4 is 22.5 Å². The predicted molar refractivity (Wildman–Crippen MR) is 175 cm³/mol. The first-order chi connectivity index (χ1) is 21.4. The van der Waals surface area contributed by atoms with E-state index in [0.29, 0.717) is 64.1 Å². The van der Waals surface area contributed by atoms with E-state index in [4.69, 9.17) is 26.7 Å². The number of unbranched alkanes of at least 4 members (excludes halogenated alkanes) is 2. The fraction of sp³-hybridized carbons (Fsp3) is 0.909. The average Bonchev–Trinajstić information content (AvgIpc) is 3.26. The van der Waals surface area contributed by atoms with Gasteiger partial charge in [-0.15, -0.1) is 0 Å². The summed E-state index contributed by atoms with van der Waals surface area (Å²) in [5.74, 6) is 0.345. The minimum absolute atomic E-state index is 0.0308. The summed E-state index contributed by atoms with van der Waals surface area (Å²) in [7, 11) is 1.63. The topological polar surface area (TPSA) is 199 Å². The number of hydrogen-bond acceptors (Lipinski definition) is 9. The van der Waals surface area contributed by atoms with Crippen LogP contribution in [0.5, 0.6) is 0 Å². The van der Waals surface area contributed by atoms with Crippen molar-refractivity contribution in [2.45, 2.75) is 134 Å². The Bertz CT molecular complexity index is 951. The summed E-state index contributed by atoms with van der Waals surface area (Å²) in [5, 5.41) is 25.2. The fourth-order valence-electron chi connectivity index (χ4n) is 8.11. The quantitative estimate of drug-likeness (QED) is 0.0558. The van der Waals surface area contributed by atoms with E-state index in [-0.39, 0.29) is 53.5 Å². The second kappa shape index (κ2) is 18.4. The second-order valence-electron chi connectivity index (χ2n) is 14.2. The first-order valence-corrected chi connectivity index (χ1v) is 17.3. The maximum atomic E-state index is 13.5. The van der Waals surface area contributed by atoms with Gasteiger partial charge in [-0.1, -0.05) is 26.2 Å². The number of aliphatic imine (C=N–C) groups is 1. The van der Waals surface area contributed by atoms with E-state index in [1.54, 1.807) is 7.11 Å². The molecule has 12 nitrogen and oxygen atoms in total.